The van der Waals surface area contributed by atoms with Gasteiger partial charge in [0.15, 0.2) is 0 Å². The summed E-state index contributed by atoms with van der Waals surface area (Å²) < 4.78 is 34.7. The fourth-order valence-corrected chi connectivity index (χ4v) is 3.44. The molecule has 0 aliphatic carbocycles. The van der Waals surface area contributed by atoms with Crippen LogP contribution in [-0.4, -0.2) is 25.1 Å². The Morgan fingerprint density at radius 3 is 2.70 bits per heavy atom. The van der Waals surface area contributed by atoms with Crippen molar-refractivity contribution in [2.24, 2.45) is 7.05 Å². The Hall–Kier alpha value is -2.54. The number of methoxy groups -OCH3 is 1. The zero-order valence-electron chi connectivity index (χ0n) is 13.1. The highest BCUT2D eigenvalue weighted by molar-refractivity contribution is 7.92. The number of anilines is 1. The van der Waals surface area contributed by atoms with Crippen LogP contribution in [0.2, 0.25) is 0 Å². The molecule has 0 bridgehead atoms. The highest BCUT2D eigenvalue weighted by Gasteiger charge is 2.16. The third kappa shape index (κ3) is 2.87. The highest BCUT2D eigenvalue weighted by Crippen LogP contribution is 2.23. The van der Waals surface area contributed by atoms with E-state index in [4.69, 9.17) is 4.74 Å². The predicted molar refractivity (Wildman–Crippen MR) is 89.3 cm³/mol. The summed E-state index contributed by atoms with van der Waals surface area (Å²) in [5.74, 6) is 1.41. The molecule has 3 aromatic rings. The van der Waals surface area contributed by atoms with Gasteiger partial charge in [0.1, 0.15) is 11.6 Å². The molecular formula is C16H17N3O3S. The molecule has 1 heterocycles. The van der Waals surface area contributed by atoms with Crippen molar-refractivity contribution in [1.29, 1.82) is 0 Å². The third-order valence-corrected chi connectivity index (χ3v) is 5.09. The summed E-state index contributed by atoms with van der Waals surface area (Å²) >= 11 is 0. The minimum atomic E-state index is -3.69. The van der Waals surface area contributed by atoms with E-state index in [0.29, 0.717) is 17.0 Å². The lowest BCUT2D eigenvalue weighted by Crippen LogP contribution is -2.12. The van der Waals surface area contributed by atoms with Crippen molar-refractivity contribution in [2.45, 2.75) is 11.8 Å². The number of imidazole rings is 1. The van der Waals surface area contributed by atoms with Gasteiger partial charge in [0.05, 0.1) is 28.7 Å². The van der Waals surface area contributed by atoms with Crippen LogP contribution in [0.25, 0.3) is 11.0 Å². The van der Waals surface area contributed by atoms with E-state index < -0.39 is 10.0 Å². The minimum Gasteiger partial charge on any atom is -0.497 e. The number of rotatable bonds is 4. The SMILES string of the molecule is COc1cccc(NS(=O)(=O)c2ccc3c(c2)nc(C)n3C)c1. The maximum atomic E-state index is 12.6. The van der Waals surface area contributed by atoms with Gasteiger partial charge in [-0.2, -0.15) is 0 Å². The summed E-state index contributed by atoms with van der Waals surface area (Å²) in [5, 5.41) is 0. The maximum absolute atomic E-state index is 12.6. The molecule has 3 rings (SSSR count). The van der Waals surface area contributed by atoms with Gasteiger partial charge in [-0.15, -0.1) is 0 Å². The highest BCUT2D eigenvalue weighted by atomic mass is 32.2. The minimum absolute atomic E-state index is 0.172. The van der Waals surface area contributed by atoms with Gasteiger partial charge >= 0.3 is 0 Å². The number of fused-ring (bicyclic) bond motifs is 1. The number of aryl methyl sites for hydroxylation is 2. The van der Waals surface area contributed by atoms with Gasteiger partial charge in [-0.3, -0.25) is 4.72 Å². The number of benzene rings is 2. The zero-order chi connectivity index (χ0) is 16.6. The number of sulfonamides is 1. The van der Waals surface area contributed by atoms with E-state index in [9.17, 15) is 8.42 Å². The Morgan fingerprint density at radius 2 is 1.96 bits per heavy atom. The quantitative estimate of drug-likeness (QED) is 0.798. The second-order valence-electron chi connectivity index (χ2n) is 5.21. The van der Waals surface area contributed by atoms with Crippen molar-refractivity contribution >= 4 is 26.7 Å². The first-order valence-electron chi connectivity index (χ1n) is 7.00. The van der Waals surface area contributed by atoms with Crippen molar-refractivity contribution in [3.63, 3.8) is 0 Å². The molecule has 0 spiro atoms. The molecular weight excluding hydrogens is 314 g/mol. The standard InChI is InChI=1S/C16H17N3O3S/c1-11-17-15-10-14(7-8-16(15)19(11)2)23(20,21)18-12-5-4-6-13(9-12)22-3/h4-10,18H,1-3H3. The topological polar surface area (TPSA) is 73.2 Å². The number of hydrogen-bond acceptors (Lipinski definition) is 4. The van der Waals surface area contributed by atoms with Gasteiger partial charge in [-0.05, 0) is 37.3 Å². The summed E-state index contributed by atoms with van der Waals surface area (Å²) in [6, 6.07) is 11.7. The molecule has 6 nitrogen and oxygen atoms in total. The van der Waals surface area contributed by atoms with E-state index in [2.05, 4.69) is 9.71 Å². The van der Waals surface area contributed by atoms with Crippen molar-refractivity contribution in [3.05, 3.63) is 48.3 Å². The van der Waals surface area contributed by atoms with Gasteiger partial charge in [0, 0.05) is 13.1 Å². The molecule has 0 aliphatic heterocycles. The van der Waals surface area contributed by atoms with E-state index in [0.717, 1.165) is 11.3 Å². The number of hydrogen-bond donors (Lipinski definition) is 1. The van der Waals surface area contributed by atoms with Crippen LogP contribution < -0.4 is 9.46 Å². The molecule has 0 fully saturated rings. The van der Waals surface area contributed by atoms with Crippen LogP contribution in [0.15, 0.2) is 47.4 Å². The van der Waals surface area contributed by atoms with Gasteiger partial charge in [0.25, 0.3) is 10.0 Å². The Morgan fingerprint density at radius 1 is 1.17 bits per heavy atom. The summed E-state index contributed by atoms with van der Waals surface area (Å²) in [7, 11) is -0.259. The van der Waals surface area contributed by atoms with Crippen molar-refractivity contribution < 1.29 is 13.2 Å². The average Bonchev–Trinajstić information content (AvgIpc) is 2.81. The first kappa shape index (κ1) is 15.4. The number of ether oxygens (including phenoxy) is 1. The van der Waals surface area contributed by atoms with E-state index in [-0.39, 0.29) is 4.90 Å². The zero-order valence-corrected chi connectivity index (χ0v) is 13.9. The van der Waals surface area contributed by atoms with E-state index in [1.165, 1.54) is 7.11 Å². The molecule has 120 valence electrons. The molecule has 1 aromatic heterocycles. The molecule has 0 unspecified atom stereocenters. The Labute approximate surface area is 134 Å². The summed E-state index contributed by atoms with van der Waals surface area (Å²) in [6.45, 7) is 1.88. The lowest BCUT2D eigenvalue weighted by atomic mass is 10.3. The van der Waals surface area contributed by atoms with Crippen LogP contribution in [0.1, 0.15) is 5.82 Å². The smallest absolute Gasteiger partial charge is 0.261 e. The largest absolute Gasteiger partial charge is 0.497 e. The fraction of sp³-hybridized carbons (Fsp3) is 0.188. The molecule has 0 atom stereocenters. The molecule has 2 aromatic carbocycles. The molecule has 0 aliphatic rings. The van der Waals surface area contributed by atoms with E-state index in [1.54, 1.807) is 42.5 Å². The Kier molecular flexibility index (Phi) is 3.73. The third-order valence-electron chi connectivity index (χ3n) is 3.71. The number of aromatic nitrogens is 2. The summed E-state index contributed by atoms with van der Waals surface area (Å²) in [4.78, 5) is 4.54. The van der Waals surface area contributed by atoms with Crippen LogP contribution in [-0.2, 0) is 17.1 Å². The summed E-state index contributed by atoms with van der Waals surface area (Å²) in [6.07, 6.45) is 0. The van der Waals surface area contributed by atoms with E-state index >= 15 is 0 Å². The molecule has 1 N–H and O–H groups in total. The second kappa shape index (κ2) is 5.58. The molecule has 0 saturated heterocycles. The average molecular weight is 331 g/mol. The normalized spacial score (nSPS) is 11.6. The number of nitrogens with one attached hydrogen (secondary N) is 1. The van der Waals surface area contributed by atoms with Crippen LogP contribution in [0.4, 0.5) is 5.69 Å². The van der Waals surface area contributed by atoms with Gasteiger partial charge < -0.3 is 9.30 Å². The fourth-order valence-electron chi connectivity index (χ4n) is 2.37. The molecule has 0 radical (unpaired) electrons. The van der Waals surface area contributed by atoms with Crippen molar-refractivity contribution in [3.8, 4) is 5.75 Å². The molecule has 23 heavy (non-hydrogen) atoms. The van der Waals surface area contributed by atoms with Gasteiger partial charge in [0.2, 0.25) is 0 Å². The monoisotopic (exact) mass is 331 g/mol. The van der Waals surface area contributed by atoms with Crippen LogP contribution in [0.3, 0.4) is 0 Å². The van der Waals surface area contributed by atoms with Gasteiger partial charge in [-0.25, -0.2) is 13.4 Å². The van der Waals surface area contributed by atoms with Crippen LogP contribution in [0.5, 0.6) is 5.75 Å². The molecule has 7 heteroatoms. The Balaban J connectivity index is 1.98. The first-order valence-corrected chi connectivity index (χ1v) is 8.49. The van der Waals surface area contributed by atoms with Crippen molar-refractivity contribution in [2.75, 3.05) is 11.8 Å². The van der Waals surface area contributed by atoms with Crippen LogP contribution in [0, 0.1) is 6.92 Å². The van der Waals surface area contributed by atoms with E-state index in [1.807, 2.05) is 18.5 Å². The Bertz CT molecular complexity index is 977. The predicted octanol–water partition coefficient (Wildman–Crippen LogP) is 2.69. The second-order valence-corrected chi connectivity index (χ2v) is 6.89. The molecule has 0 amide bonds. The lowest BCUT2D eigenvalue weighted by molar-refractivity contribution is 0.415. The maximum Gasteiger partial charge on any atom is 0.261 e. The van der Waals surface area contributed by atoms with Crippen LogP contribution >= 0.6 is 0 Å². The van der Waals surface area contributed by atoms with Gasteiger partial charge in [-0.1, -0.05) is 6.07 Å². The lowest BCUT2D eigenvalue weighted by Gasteiger charge is -2.09. The molecule has 0 saturated carbocycles. The first-order chi connectivity index (χ1) is 10.9. The van der Waals surface area contributed by atoms with Crippen molar-refractivity contribution in [1.82, 2.24) is 9.55 Å². The number of nitrogens with zero attached hydrogens (tertiary/aromatic N) is 2. The summed E-state index contributed by atoms with van der Waals surface area (Å²) in [5.41, 5.74) is 1.99.